The van der Waals surface area contributed by atoms with Gasteiger partial charge in [-0.25, -0.2) is 14.5 Å². The Hall–Kier alpha value is -2.96. The van der Waals surface area contributed by atoms with E-state index in [0.717, 1.165) is 17.2 Å². The van der Waals surface area contributed by atoms with Crippen molar-refractivity contribution in [3.8, 4) is 0 Å². The molecule has 1 amide bonds. The maximum atomic E-state index is 10.4. The number of carbonyl (C=O) groups excluding carboxylic acids is 1. The van der Waals surface area contributed by atoms with Crippen LogP contribution in [0.15, 0.2) is 36.7 Å². The summed E-state index contributed by atoms with van der Waals surface area (Å²) in [5.41, 5.74) is 3.03. The molecule has 0 atom stereocenters. The van der Waals surface area contributed by atoms with Crippen LogP contribution in [0.3, 0.4) is 0 Å². The third-order valence-corrected chi connectivity index (χ3v) is 3.86. The van der Waals surface area contributed by atoms with E-state index in [0.29, 0.717) is 24.7 Å². The van der Waals surface area contributed by atoms with Crippen molar-refractivity contribution in [1.29, 1.82) is 0 Å². The van der Waals surface area contributed by atoms with E-state index in [4.69, 9.17) is 0 Å². The Morgan fingerprint density at radius 1 is 1.30 bits per heavy atom. The average molecular weight is 308 g/mol. The first-order chi connectivity index (χ1) is 11.3. The zero-order valence-corrected chi connectivity index (χ0v) is 12.4. The molecular formula is C16H16N6O. The Kier molecular flexibility index (Phi) is 3.38. The first-order valence-electron chi connectivity index (χ1n) is 7.57. The minimum atomic E-state index is 0.502. The van der Waals surface area contributed by atoms with Crippen molar-refractivity contribution < 1.29 is 4.79 Å². The maximum absolute atomic E-state index is 10.4. The molecule has 0 aromatic carbocycles. The highest BCUT2D eigenvalue weighted by Gasteiger charge is 2.23. The monoisotopic (exact) mass is 308 g/mol. The number of nitrogens with one attached hydrogen (secondary N) is 2. The number of fused-ring (bicyclic) bond motifs is 1. The molecule has 3 aromatic heterocycles. The van der Waals surface area contributed by atoms with Crippen molar-refractivity contribution in [2.75, 3.05) is 10.6 Å². The molecule has 0 unspecified atom stereocenters. The molecule has 1 fully saturated rings. The Bertz CT molecular complexity index is 855. The van der Waals surface area contributed by atoms with Crippen LogP contribution in [-0.4, -0.2) is 26.0 Å². The van der Waals surface area contributed by atoms with E-state index in [9.17, 15) is 4.79 Å². The highest BCUT2D eigenvalue weighted by molar-refractivity contribution is 5.70. The molecule has 2 N–H and O–H groups in total. The third kappa shape index (κ3) is 2.98. The molecule has 0 spiro atoms. The van der Waals surface area contributed by atoms with Crippen molar-refractivity contribution in [2.24, 2.45) is 0 Å². The van der Waals surface area contributed by atoms with E-state index >= 15 is 0 Å². The number of hydrogen-bond acceptors (Lipinski definition) is 5. The van der Waals surface area contributed by atoms with Gasteiger partial charge in [0.25, 0.3) is 0 Å². The maximum Gasteiger partial charge on any atom is 0.212 e. The largest absolute Gasteiger partial charge is 0.378 e. The van der Waals surface area contributed by atoms with Crippen molar-refractivity contribution in [3.05, 3.63) is 48.0 Å². The number of rotatable bonds is 6. The lowest BCUT2D eigenvalue weighted by molar-refractivity contribution is -0.105. The van der Waals surface area contributed by atoms with E-state index in [1.807, 2.05) is 16.6 Å². The van der Waals surface area contributed by atoms with Crippen LogP contribution in [0.2, 0.25) is 0 Å². The fraction of sp³-hybridized carbons (Fsp3) is 0.250. The lowest BCUT2D eigenvalue weighted by Gasteiger charge is -2.04. The van der Waals surface area contributed by atoms with E-state index in [-0.39, 0.29) is 0 Å². The zero-order chi connectivity index (χ0) is 15.6. The molecule has 0 bridgehead atoms. The molecule has 1 aliphatic rings. The number of nitrogens with zero attached hydrogens (tertiary/aromatic N) is 4. The summed E-state index contributed by atoms with van der Waals surface area (Å²) in [6, 6.07) is 7.74. The normalized spacial score (nSPS) is 13.9. The first kappa shape index (κ1) is 13.7. The number of pyridine rings is 2. The molecular weight excluding hydrogens is 292 g/mol. The molecule has 0 saturated heterocycles. The Balaban J connectivity index is 1.49. The summed E-state index contributed by atoms with van der Waals surface area (Å²) in [6.07, 6.45) is 6.85. The molecule has 23 heavy (non-hydrogen) atoms. The summed E-state index contributed by atoms with van der Waals surface area (Å²) in [5, 5.41) is 10.3. The summed E-state index contributed by atoms with van der Waals surface area (Å²) in [6.45, 7) is 0.505. The van der Waals surface area contributed by atoms with Crippen LogP contribution in [0.5, 0.6) is 0 Å². The second kappa shape index (κ2) is 5.68. The molecule has 1 aliphatic carbocycles. The van der Waals surface area contributed by atoms with Crippen LogP contribution in [0.1, 0.15) is 30.1 Å². The van der Waals surface area contributed by atoms with Gasteiger partial charge in [-0.3, -0.25) is 4.79 Å². The lowest BCUT2D eigenvalue weighted by Crippen LogP contribution is -2.03. The SMILES string of the molecule is O=CNc1cc(NCc2nc3ccc(C4CC4)cn3n2)ccn1. The van der Waals surface area contributed by atoms with Gasteiger partial charge in [0.05, 0.1) is 6.54 Å². The van der Waals surface area contributed by atoms with Gasteiger partial charge in [-0.05, 0) is 36.5 Å². The van der Waals surface area contributed by atoms with Gasteiger partial charge >= 0.3 is 0 Å². The zero-order valence-electron chi connectivity index (χ0n) is 12.4. The summed E-state index contributed by atoms with van der Waals surface area (Å²) < 4.78 is 1.84. The quantitative estimate of drug-likeness (QED) is 0.682. The van der Waals surface area contributed by atoms with Crippen LogP contribution in [-0.2, 0) is 11.3 Å². The van der Waals surface area contributed by atoms with Crippen LogP contribution < -0.4 is 10.6 Å². The highest BCUT2D eigenvalue weighted by atomic mass is 16.1. The molecule has 7 heteroatoms. The van der Waals surface area contributed by atoms with Gasteiger partial charge in [-0.2, -0.15) is 0 Å². The van der Waals surface area contributed by atoms with Crippen molar-refractivity contribution >= 4 is 23.6 Å². The molecule has 7 nitrogen and oxygen atoms in total. The van der Waals surface area contributed by atoms with Gasteiger partial charge in [-0.1, -0.05) is 6.07 Å². The number of anilines is 2. The predicted molar refractivity (Wildman–Crippen MR) is 86.2 cm³/mol. The van der Waals surface area contributed by atoms with Crippen molar-refractivity contribution in [2.45, 2.75) is 25.3 Å². The molecule has 4 rings (SSSR count). The molecule has 1 saturated carbocycles. The van der Waals surface area contributed by atoms with Crippen LogP contribution in [0, 0.1) is 0 Å². The van der Waals surface area contributed by atoms with Gasteiger partial charge < -0.3 is 10.6 Å². The fourth-order valence-corrected chi connectivity index (χ4v) is 2.54. The number of aromatic nitrogens is 4. The summed E-state index contributed by atoms with van der Waals surface area (Å²) in [7, 11) is 0. The smallest absolute Gasteiger partial charge is 0.212 e. The first-order valence-corrected chi connectivity index (χ1v) is 7.57. The lowest BCUT2D eigenvalue weighted by atomic mass is 10.2. The Labute approximate surface area is 132 Å². The molecule has 116 valence electrons. The van der Waals surface area contributed by atoms with Gasteiger partial charge in [0.2, 0.25) is 6.41 Å². The van der Waals surface area contributed by atoms with Gasteiger partial charge in [0.15, 0.2) is 11.5 Å². The second-order valence-corrected chi connectivity index (χ2v) is 5.61. The predicted octanol–water partition coefficient (Wildman–Crippen LogP) is 2.18. The van der Waals surface area contributed by atoms with Crippen molar-refractivity contribution in [1.82, 2.24) is 19.6 Å². The van der Waals surface area contributed by atoms with Crippen molar-refractivity contribution in [3.63, 3.8) is 0 Å². The van der Waals surface area contributed by atoms with Gasteiger partial charge in [-0.15, -0.1) is 5.10 Å². The van der Waals surface area contributed by atoms with Gasteiger partial charge in [0, 0.05) is 24.1 Å². The van der Waals surface area contributed by atoms with Crippen LogP contribution in [0.25, 0.3) is 5.65 Å². The van der Waals surface area contributed by atoms with Crippen LogP contribution >= 0.6 is 0 Å². The molecule has 3 aromatic rings. The third-order valence-electron chi connectivity index (χ3n) is 3.86. The van der Waals surface area contributed by atoms with E-state index in [1.54, 1.807) is 12.3 Å². The van der Waals surface area contributed by atoms with E-state index in [1.165, 1.54) is 18.4 Å². The number of carbonyl (C=O) groups is 1. The van der Waals surface area contributed by atoms with Gasteiger partial charge in [0.1, 0.15) is 5.82 Å². The van der Waals surface area contributed by atoms with Crippen LogP contribution in [0.4, 0.5) is 11.5 Å². The summed E-state index contributed by atoms with van der Waals surface area (Å²) in [5.74, 6) is 1.92. The Morgan fingerprint density at radius 3 is 3.04 bits per heavy atom. The topological polar surface area (TPSA) is 84.2 Å². The van der Waals surface area contributed by atoms with E-state index in [2.05, 4.69) is 38.0 Å². The standard InChI is InChI=1S/C16H16N6O/c23-10-19-14-7-13(5-6-17-14)18-8-15-20-16-4-3-12(11-1-2-11)9-22(16)21-15/h3-7,9-11H,1-2,8H2,(H2,17,18,19,23). The minimum Gasteiger partial charge on any atom is -0.378 e. The molecule has 0 aliphatic heterocycles. The highest BCUT2D eigenvalue weighted by Crippen LogP contribution is 2.39. The Morgan fingerprint density at radius 2 is 2.22 bits per heavy atom. The number of hydrogen-bond donors (Lipinski definition) is 2. The molecule has 0 radical (unpaired) electrons. The molecule has 3 heterocycles. The summed E-state index contributed by atoms with van der Waals surface area (Å²) >= 11 is 0. The summed E-state index contributed by atoms with van der Waals surface area (Å²) in [4.78, 5) is 19.0. The second-order valence-electron chi connectivity index (χ2n) is 5.61. The number of amides is 1. The average Bonchev–Trinajstić information content (AvgIpc) is 3.33. The minimum absolute atomic E-state index is 0.502. The van der Waals surface area contributed by atoms with E-state index < -0.39 is 0 Å². The fourth-order valence-electron chi connectivity index (χ4n) is 2.54.